The van der Waals surface area contributed by atoms with Gasteiger partial charge < -0.3 is 10.4 Å². The number of hydrogen-bond donors (Lipinski definition) is 2. The molecule has 0 bridgehead atoms. The molecule has 2 atom stereocenters. The standard InChI is InChI=1S/C18H20N2O.2ClH/c21-14-6-7-15-16(10-14)18-11-19-8-9-20(18)12-17(15)13-4-2-1-3-5-13;;/h1-7,10,17-19,21H,8-9,11-12H2;2*1H/t17-,18+;;/m1../s1. The number of benzene rings is 2. The highest BCUT2D eigenvalue weighted by molar-refractivity contribution is 5.85. The summed E-state index contributed by atoms with van der Waals surface area (Å²) >= 11 is 0. The van der Waals surface area contributed by atoms with Gasteiger partial charge in [0.25, 0.3) is 0 Å². The fourth-order valence-electron chi connectivity index (χ4n) is 3.74. The summed E-state index contributed by atoms with van der Waals surface area (Å²) in [4.78, 5) is 2.55. The summed E-state index contributed by atoms with van der Waals surface area (Å²) in [5.74, 6) is 0.768. The van der Waals surface area contributed by atoms with Gasteiger partial charge in [-0.3, -0.25) is 4.90 Å². The number of aromatic hydroxyl groups is 1. The second-order valence-corrected chi connectivity index (χ2v) is 5.99. The van der Waals surface area contributed by atoms with E-state index in [2.05, 4.69) is 46.6 Å². The molecule has 4 rings (SSSR count). The number of fused-ring (bicyclic) bond motifs is 3. The van der Waals surface area contributed by atoms with Crippen molar-refractivity contribution in [3.8, 4) is 5.75 Å². The maximum atomic E-state index is 9.90. The molecule has 1 fully saturated rings. The second kappa shape index (κ2) is 7.54. The molecule has 0 radical (unpaired) electrons. The van der Waals surface area contributed by atoms with Crippen molar-refractivity contribution in [2.45, 2.75) is 12.0 Å². The first-order valence-electron chi connectivity index (χ1n) is 7.65. The highest BCUT2D eigenvalue weighted by Gasteiger charge is 2.35. The van der Waals surface area contributed by atoms with Gasteiger partial charge in [0.2, 0.25) is 0 Å². The van der Waals surface area contributed by atoms with Crippen LogP contribution in [-0.4, -0.2) is 36.2 Å². The first kappa shape index (κ1) is 18.1. The van der Waals surface area contributed by atoms with Crippen molar-refractivity contribution in [1.82, 2.24) is 10.2 Å². The second-order valence-electron chi connectivity index (χ2n) is 5.99. The fraction of sp³-hybridized carbons (Fsp3) is 0.333. The molecule has 2 aliphatic heterocycles. The molecule has 2 aliphatic rings. The zero-order valence-electron chi connectivity index (χ0n) is 12.8. The van der Waals surface area contributed by atoms with Crippen LogP contribution in [-0.2, 0) is 0 Å². The van der Waals surface area contributed by atoms with Crippen LogP contribution in [0.25, 0.3) is 0 Å². The third-order valence-corrected chi connectivity index (χ3v) is 4.78. The number of nitrogens with one attached hydrogen (secondary N) is 1. The van der Waals surface area contributed by atoms with Gasteiger partial charge in [-0.15, -0.1) is 24.8 Å². The minimum Gasteiger partial charge on any atom is -0.508 e. The third-order valence-electron chi connectivity index (χ3n) is 4.78. The van der Waals surface area contributed by atoms with E-state index in [-0.39, 0.29) is 24.8 Å². The largest absolute Gasteiger partial charge is 0.508 e. The van der Waals surface area contributed by atoms with Gasteiger partial charge in [0.05, 0.1) is 0 Å². The molecule has 0 spiro atoms. The number of rotatable bonds is 1. The van der Waals surface area contributed by atoms with Gasteiger partial charge in [-0.2, -0.15) is 0 Å². The molecule has 2 aromatic carbocycles. The van der Waals surface area contributed by atoms with E-state index >= 15 is 0 Å². The molecule has 124 valence electrons. The summed E-state index contributed by atoms with van der Waals surface area (Å²) in [6.07, 6.45) is 0. The molecule has 5 heteroatoms. The van der Waals surface area contributed by atoms with E-state index in [1.54, 1.807) is 0 Å². The van der Waals surface area contributed by atoms with E-state index in [0.717, 1.165) is 26.2 Å². The number of piperazine rings is 1. The van der Waals surface area contributed by atoms with Crippen molar-refractivity contribution in [3.05, 3.63) is 65.2 Å². The van der Waals surface area contributed by atoms with Crippen LogP contribution in [0, 0.1) is 0 Å². The van der Waals surface area contributed by atoms with Crippen molar-refractivity contribution < 1.29 is 5.11 Å². The average Bonchev–Trinajstić information content (AvgIpc) is 2.55. The molecule has 2 aromatic rings. The minimum atomic E-state index is 0. The number of nitrogens with zero attached hydrogens (tertiary/aromatic N) is 1. The van der Waals surface area contributed by atoms with Gasteiger partial charge in [-0.05, 0) is 28.8 Å². The van der Waals surface area contributed by atoms with Crippen molar-refractivity contribution in [1.29, 1.82) is 0 Å². The van der Waals surface area contributed by atoms with Crippen LogP contribution in [0.3, 0.4) is 0 Å². The summed E-state index contributed by atoms with van der Waals surface area (Å²) in [7, 11) is 0. The molecular formula is C18H22Cl2N2O. The van der Waals surface area contributed by atoms with E-state index in [4.69, 9.17) is 0 Å². The van der Waals surface area contributed by atoms with Gasteiger partial charge in [-0.25, -0.2) is 0 Å². The van der Waals surface area contributed by atoms with Gasteiger partial charge in [0, 0.05) is 38.1 Å². The molecule has 2 N–H and O–H groups in total. The fourth-order valence-corrected chi connectivity index (χ4v) is 3.74. The predicted molar refractivity (Wildman–Crippen MR) is 98.1 cm³/mol. The maximum absolute atomic E-state index is 9.90. The topological polar surface area (TPSA) is 35.5 Å². The Morgan fingerprint density at radius 3 is 2.57 bits per heavy atom. The molecule has 0 saturated carbocycles. The van der Waals surface area contributed by atoms with Crippen LogP contribution in [0.5, 0.6) is 5.75 Å². The number of phenolic OH excluding ortho intramolecular Hbond substituents is 1. The van der Waals surface area contributed by atoms with E-state index in [1.807, 2.05) is 12.1 Å². The number of phenols is 1. The van der Waals surface area contributed by atoms with E-state index in [9.17, 15) is 5.11 Å². The van der Waals surface area contributed by atoms with Gasteiger partial charge in [0.1, 0.15) is 5.75 Å². The zero-order valence-corrected chi connectivity index (χ0v) is 14.4. The molecule has 0 amide bonds. The molecule has 0 unspecified atom stereocenters. The van der Waals surface area contributed by atoms with E-state index in [0.29, 0.717) is 17.7 Å². The quantitative estimate of drug-likeness (QED) is 0.826. The number of hydrogen-bond acceptors (Lipinski definition) is 3. The molecule has 23 heavy (non-hydrogen) atoms. The van der Waals surface area contributed by atoms with Gasteiger partial charge >= 0.3 is 0 Å². The van der Waals surface area contributed by atoms with Gasteiger partial charge in [0.15, 0.2) is 0 Å². The van der Waals surface area contributed by atoms with Crippen molar-refractivity contribution in [2.75, 3.05) is 26.2 Å². The molecule has 2 heterocycles. The lowest BCUT2D eigenvalue weighted by atomic mass is 9.80. The Hall–Kier alpha value is -1.26. The van der Waals surface area contributed by atoms with Crippen LogP contribution >= 0.6 is 24.8 Å². The summed E-state index contributed by atoms with van der Waals surface area (Å²) in [6, 6.07) is 17.0. The van der Waals surface area contributed by atoms with Crippen LogP contribution in [0.2, 0.25) is 0 Å². The van der Waals surface area contributed by atoms with E-state index in [1.165, 1.54) is 16.7 Å². The summed E-state index contributed by atoms with van der Waals surface area (Å²) in [5.41, 5.74) is 4.01. The van der Waals surface area contributed by atoms with Crippen LogP contribution in [0.4, 0.5) is 0 Å². The summed E-state index contributed by atoms with van der Waals surface area (Å²) < 4.78 is 0. The Kier molecular flexibility index (Phi) is 5.93. The van der Waals surface area contributed by atoms with Gasteiger partial charge in [-0.1, -0.05) is 36.4 Å². The molecule has 0 aromatic heterocycles. The highest BCUT2D eigenvalue weighted by atomic mass is 35.5. The van der Waals surface area contributed by atoms with Crippen molar-refractivity contribution in [2.24, 2.45) is 0 Å². The molecule has 3 nitrogen and oxygen atoms in total. The van der Waals surface area contributed by atoms with Crippen LogP contribution in [0.15, 0.2) is 48.5 Å². The van der Waals surface area contributed by atoms with Crippen LogP contribution in [0.1, 0.15) is 28.7 Å². The lowest BCUT2D eigenvalue weighted by molar-refractivity contribution is 0.143. The Labute approximate surface area is 149 Å². The Morgan fingerprint density at radius 2 is 1.78 bits per heavy atom. The maximum Gasteiger partial charge on any atom is 0.115 e. The van der Waals surface area contributed by atoms with E-state index < -0.39 is 0 Å². The Balaban J connectivity index is 0.000000960. The summed E-state index contributed by atoms with van der Waals surface area (Å²) in [5, 5.41) is 13.4. The number of halogens is 2. The Bertz CT molecular complexity index is 651. The molecular weight excluding hydrogens is 331 g/mol. The normalized spacial score (nSPS) is 23.0. The smallest absolute Gasteiger partial charge is 0.115 e. The first-order valence-corrected chi connectivity index (χ1v) is 7.65. The van der Waals surface area contributed by atoms with Crippen molar-refractivity contribution >= 4 is 24.8 Å². The highest BCUT2D eigenvalue weighted by Crippen LogP contribution is 2.41. The molecule has 0 aliphatic carbocycles. The SMILES string of the molecule is Cl.Cl.Oc1ccc2c(c1)[C@@H]1CNCCN1C[C@@H]2c1ccccc1. The summed E-state index contributed by atoms with van der Waals surface area (Å²) in [6.45, 7) is 4.15. The lowest BCUT2D eigenvalue weighted by Crippen LogP contribution is -2.50. The monoisotopic (exact) mass is 352 g/mol. The predicted octanol–water partition coefficient (Wildman–Crippen LogP) is 3.33. The minimum absolute atomic E-state index is 0. The van der Waals surface area contributed by atoms with Crippen LogP contribution < -0.4 is 5.32 Å². The van der Waals surface area contributed by atoms with Crippen molar-refractivity contribution in [3.63, 3.8) is 0 Å². The lowest BCUT2D eigenvalue weighted by Gasteiger charge is -2.44. The first-order chi connectivity index (χ1) is 10.3. The zero-order chi connectivity index (χ0) is 14.2. The Morgan fingerprint density at radius 1 is 1.00 bits per heavy atom. The molecule has 1 saturated heterocycles. The third kappa shape index (κ3) is 3.33. The average molecular weight is 353 g/mol.